The molecule has 0 bridgehead atoms. The van der Waals surface area contributed by atoms with E-state index in [1.54, 1.807) is 0 Å². The second-order valence-electron chi connectivity index (χ2n) is 4.71. The van der Waals surface area contributed by atoms with Crippen LogP contribution in [0.15, 0.2) is 28.9 Å². The van der Waals surface area contributed by atoms with E-state index in [-0.39, 0.29) is 12.4 Å². The van der Waals surface area contributed by atoms with Gasteiger partial charge in [-0.1, -0.05) is 12.1 Å². The van der Waals surface area contributed by atoms with Crippen molar-refractivity contribution in [2.75, 3.05) is 13.1 Å². The topological polar surface area (TPSA) is 25.2 Å². The summed E-state index contributed by atoms with van der Waals surface area (Å²) >= 11 is 0. The molecule has 0 unspecified atom stereocenters. The Bertz CT molecular complexity index is 500. The molecule has 2 nitrogen and oxygen atoms in total. The summed E-state index contributed by atoms with van der Waals surface area (Å²) in [5.74, 6) is 0.671. The lowest BCUT2D eigenvalue weighted by Gasteiger charge is -2.21. The molecule has 1 aromatic heterocycles. The minimum absolute atomic E-state index is 0. The number of fused-ring (bicyclic) bond motifs is 1. The number of piperidine rings is 1. The Balaban J connectivity index is 0.00000108. The van der Waals surface area contributed by atoms with E-state index in [2.05, 4.69) is 30.4 Å². The van der Waals surface area contributed by atoms with Crippen LogP contribution in [0.3, 0.4) is 0 Å². The largest absolute Gasteiger partial charge is 0.464 e. The fourth-order valence-electron chi connectivity index (χ4n) is 2.61. The van der Waals surface area contributed by atoms with E-state index in [0.717, 1.165) is 18.7 Å². The average Bonchev–Trinajstić information content (AvgIpc) is 2.73. The van der Waals surface area contributed by atoms with Crippen LogP contribution in [0.1, 0.15) is 29.9 Å². The minimum Gasteiger partial charge on any atom is -0.464 e. The van der Waals surface area contributed by atoms with E-state index < -0.39 is 0 Å². The number of rotatable bonds is 1. The van der Waals surface area contributed by atoms with Gasteiger partial charge in [-0.15, -0.1) is 12.4 Å². The van der Waals surface area contributed by atoms with Crippen molar-refractivity contribution in [1.82, 2.24) is 5.32 Å². The molecule has 1 aliphatic heterocycles. The number of hydrogen-bond donors (Lipinski definition) is 1. The smallest absolute Gasteiger partial charge is 0.134 e. The number of halogens is 1. The number of nitrogens with one attached hydrogen (secondary N) is 1. The Morgan fingerprint density at radius 2 is 2.00 bits per heavy atom. The van der Waals surface area contributed by atoms with Crippen molar-refractivity contribution in [2.24, 2.45) is 0 Å². The summed E-state index contributed by atoms with van der Waals surface area (Å²) in [6, 6.07) is 6.49. The molecule has 0 spiro atoms. The summed E-state index contributed by atoms with van der Waals surface area (Å²) in [5.41, 5.74) is 3.70. The van der Waals surface area contributed by atoms with E-state index in [4.69, 9.17) is 4.42 Å². The number of aryl methyl sites for hydroxylation is 1. The molecule has 0 amide bonds. The lowest BCUT2D eigenvalue weighted by molar-refractivity contribution is 0.457. The molecule has 0 radical (unpaired) electrons. The highest BCUT2D eigenvalue weighted by Gasteiger charge is 2.19. The number of benzene rings is 1. The first-order valence-corrected chi connectivity index (χ1v) is 6.03. The lowest BCUT2D eigenvalue weighted by atomic mass is 9.90. The summed E-state index contributed by atoms with van der Waals surface area (Å²) in [5, 5.41) is 4.71. The fraction of sp³-hybridized carbons (Fsp3) is 0.429. The van der Waals surface area contributed by atoms with Crippen LogP contribution in [-0.4, -0.2) is 13.1 Å². The van der Waals surface area contributed by atoms with E-state index in [0.29, 0.717) is 5.92 Å². The van der Waals surface area contributed by atoms with Gasteiger partial charge in [-0.05, 0) is 50.4 Å². The molecule has 1 aromatic carbocycles. The summed E-state index contributed by atoms with van der Waals surface area (Å²) in [6.45, 7) is 4.36. The Labute approximate surface area is 108 Å². The quantitative estimate of drug-likeness (QED) is 0.837. The van der Waals surface area contributed by atoms with Crippen LogP contribution in [0.4, 0.5) is 0 Å². The second kappa shape index (κ2) is 5.11. The van der Waals surface area contributed by atoms with Crippen LogP contribution in [0.25, 0.3) is 11.0 Å². The van der Waals surface area contributed by atoms with E-state index >= 15 is 0 Å². The zero-order chi connectivity index (χ0) is 11.0. The van der Waals surface area contributed by atoms with E-state index in [9.17, 15) is 0 Å². The highest BCUT2D eigenvalue weighted by Crippen LogP contribution is 2.33. The van der Waals surface area contributed by atoms with Crippen molar-refractivity contribution in [3.05, 3.63) is 35.6 Å². The monoisotopic (exact) mass is 251 g/mol. The molecule has 1 saturated heterocycles. The highest BCUT2D eigenvalue weighted by atomic mass is 35.5. The molecule has 3 heteroatoms. The van der Waals surface area contributed by atoms with Gasteiger partial charge < -0.3 is 9.73 Å². The molecule has 3 rings (SSSR count). The predicted octanol–water partition coefficient (Wildman–Crippen LogP) is 3.63. The second-order valence-corrected chi connectivity index (χ2v) is 4.71. The van der Waals surface area contributed by atoms with Crippen molar-refractivity contribution in [1.29, 1.82) is 0 Å². The molecule has 2 aromatic rings. The maximum Gasteiger partial charge on any atom is 0.134 e. The van der Waals surface area contributed by atoms with Crippen molar-refractivity contribution in [3.63, 3.8) is 0 Å². The van der Waals surface area contributed by atoms with Gasteiger partial charge in [0, 0.05) is 10.9 Å². The Morgan fingerprint density at radius 1 is 1.24 bits per heavy atom. The summed E-state index contributed by atoms with van der Waals surface area (Å²) in [7, 11) is 0. The van der Waals surface area contributed by atoms with Gasteiger partial charge in [0.05, 0.1) is 6.26 Å². The van der Waals surface area contributed by atoms with E-state index in [1.807, 2.05) is 6.26 Å². The molecule has 0 atom stereocenters. The van der Waals surface area contributed by atoms with Gasteiger partial charge in [-0.25, -0.2) is 0 Å². The fourth-order valence-corrected chi connectivity index (χ4v) is 2.61. The Hall–Kier alpha value is -0.990. The molecule has 0 aliphatic carbocycles. The number of hydrogen-bond acceptors (Lipinski definition) is 2. The maximum absolute atomic E-state index is 5.66. The molecular weight excluding hydrogens is 234 g/mol. The van der Waals surface area contributed by atoms with Gasteiger partial charge in [0.2, 0.25) is 0 Å². The maximum atomic E-state index is 5.66. The summed E-state index contributed by atoms with van der Waals surface area (Å²) in [6.07, 6.45) is 4.41. The lowest BCUT2D eigenvalue weighted by Crippen LogP contribution is -2.26. The van der Waals surface area contributed by atoms with E-state index in [1.165, 1.54) is 29.4 Å². The highest BCUT2D eigenvalue weighted by molar-refractivity contribution is 5.85. The van der Waals surface area contributed by atoms with Gasteiger partial charge in [0.25, 0.3) is 0 Å². The van der Waals surface area contributed by atoms with Crippen LogP contribution in [0, 0.1) is 6.92 Å². The third-order valence-corrected chi connectivity index (χ3v) is 3.54. The average molecular weight is 252 g/mol. The van der Waals surface area contributed by atoms with Gasteiger partial charge >= 0.3 is 0 Å². The van der Waals surface area contributed by atoms with Crippen LogP contribution < -0.4 is 5.32 Å². The Morgan fingerprint density at radius 3 is 2.76 bits per heavy atom. The van der Waals surface area contributed by atoms with Crippen molar-refractivity contribution >= 4 is 23.4 Å². The van der Waals surface area contributed by atoms with Crippen LogP contribution >= 0.6 is 12.4 Å². The standard InChI is InChI=1S/C14H17NO.ClH/c1-10-2-3-12-13(9-16-14(12)8-10)11-4-6-15-7-5-11;/h2-3,8-9,11,15H,4-7H2,1H3;1H. The third kappa shape index (κ3) is 2.33. The molecule has 1 N–H and O–H groups in total. The van der Waals surface area contributed by atoms with Crippen LogP contribution in [0.2, 0.25) is 0 Å². The summed E-state index contributed by atoms with van der Waals surface area (Å²) < 4.78 is 5.66. The molecule has 1 fully saturated rings. The predicted molar refractivity (Wildman–Crippen MR) is 73.0 cm³/mol. The first-order chi connectivity index (χ1) is 7.84. The SMILES string of the molecule is Cc1ccc2c(C3CCNCC3)coc2c1.Cl. The first-order valence-electron chi connectivity index (χ1n) is 6.03. The third-order valence-electron chi connectivity index (χ3n) is 3.54. The van der Waals surface area contributed by atoms with Gasteiger partial charge in [-0.2, -0.15) is 0 Å². The number of furan rings is 1. The minimum atomic E-state index is 0. The van der Waals surface area contributed by atoms with Gasteiger partial charge in [0.15, 0.2) is 0 Å². The van der Waals surface area contributed by atoms with Crippen molar-refractivity contribution in [3.8, 4) is 0 Å². The molecule has 2 heterocycles. The zero-order valence-electron chi connectivity index (χ0n) is 10.0. The normalized spacial score (nSPS) is 17.0. The molecule has 17 heavy (non-hydrogen) atoms. The molecular formula is C14H18ClNO. The first kappa shape index (κ1) is 12.5. The molecule has 0 saturated carbocycles. The summed E-state index contributed by atoms with van der Waals surface area (Å²) in [4.78, 5) is 0. The molecule has 1 aliphatic rings. The van der Waals surface area contributed by atoms with Crippen LogP contribution in [-0.2, 0) is 0 Å². The van der Waals surface area contributed by atoms with Crippen molar-refractivity contribution < 1.29 is 4.42 Å². The Kier molecular flexibility index (Phi) is 3.75. The van der Waals surface area contributed by atoms with Crippen LogP contribution in [0.5, 0.6) is 0 Å². The van der Waals surface area contributed by atoms with Gasteiger partial charge in [-0.3, -0.25) is 0 Å². The molecule has 92 valence electrons. The van der Waals surface area contributed by atoms with Crippen molar-refractivity contribution in [2.45, 2.75) is 25.7 Å². The zero-order valence-corrected chi connectivity index (χ0v) is 10.8. The van der Waals surface area contributed by atoms with Gasteiger partial charge in [0.1, 0.15) is 5.58 Å².